The van der Waals surface area contributed by atoms with Gasteiger partial charge in [-0.1, -0.05) is 25.5 Å². The zero-order chi connectivity index (χ0) is 19.5. The predicted octanol–water partition coefficient (Wildman–Crippen LogP) is 3.62. The Morgan fingerprint density at radius 3 is 2.79 bits per heavy atom. The number of unbranched alkanes of at least 4 members (excludes halogenated alkanes) is 1. The van der Waals surface area contributed by atoms with Crippen LogP contribution in [0.5, 0.6) is 0 Å². The van der Waals surface area contributed by atoms with E-state index in [2.05, 4.69) is 22.5 Å². The summed E-state index contributed by atoms with van der Waals surface area (Å²) in [7, 11) is 0. The molecule has 5 nitrogen and oxygen atoms in total. The van der Waals surface area contributed by atoms with Gasteiger partial charge in [0.05, 0.1) is 11.3 Å². The second kappa shape index (κ2) is 8.10. The van der Waals surface area contributed by atoms with Crippen LogP contribution in [0.1, 0.15) is 31.9 Å². The molecule has 0 unspecified atom stereocenters. The first-order chi connectivity index (χ1) is 13.7. The van der Waals surface area contributed by atoms with E-state index >= 15 is 0 Å². The van der Waals surface area contributed by atoms with Crippen molar-refractivity contribution in [2.45, 2.75) is 38.6 Å². The maximum absolute atomic E-state index is 13.7. The highest BCUT2D eigenvalue weighted by atomic mass is 19.1. The summed E-state index contributed by atoms with van der Waals surface area (Å²) >= 11 is 0. The smallest absolute Gasteiger partial charge is 0.266 e. The lowest BCUT2D eigenvalue weighted by Crippen LogP contribution is -2.22. The summed E-state index contributed by atoms with van der Waals surface area (Å²) in [6, 6.07) is 11.2. The Bertz CT molecular complexity index is 1020. The Morgan fingerprint density at radius 1 is 1.25 bits per heavy atom. The minimum Gasteiger partial charge on any atom is -0.381 e. The molecule has 146 valence electrons. The molecule has 3 aromatic rings. The van der Waals surface area contributed by atoms with Crippen LogP contribution in [0, 0.1) is 5.82 Å². The van der Waals surface area contributed by atoms with Crippen molar-refractivity contribution in [1.82, 2.24) is 14.7 Å². The number of hydrogen-bond donors (Lipinski definition) is 2. The van der Waals surface area contributed by atoms with Gasteiger partial charge in [0.1, 0.15) is 11.5 Å². The van der Waals surface area contributed by atoms with Crippen LogP contribution in [0.15, 0.2) is 47.4 Å². The monoisotopic (exact) mass is 380 g/mol. The molecule has 1 aliphatic rings. The van der Waals surface area contributed by atoms with Crippen LogP contribution in [-0.2, 0) is 6.42 Å². The predicted molar refractivity (Wildman–Crippen MR) is 110 cm³/mol. The first kappa shape index (κ1) is 18.6. The summed E-state index contributed by atoms with van der Waals surface area (Å²) in [5, 5.41) is 6.85. The van der Waals surface area contributed by atoms with Crippen LogP contribution in [0.3, 0.4) is 0 Å². The molecule has 0 spiro atoms. The molecule has 28 heavy (non-hydrogen) atoms. The second-order valence-corrected chi connectivity index (χ2v) is 7.33. The Balaban J connectivity index is 1.74. The maximum Gasteiger partial charge on any atom is 0.266 e. The summed E-state index contributed by atoms with van der Waals surface area (Å²) in [6.45, 7) is 4.11. The van der Waals surface area contributed by atoms with Gasteiger partial charge < -0.3 is 10.6 Å². The Kier molecular flexibility index (Phi) is 5.39. The van der Waals surface area contributed by atoms with Gasteiger partial charge in [0, 0.05) is 24.5 Å². The van der Waals surface area contributed by atoms with Crippen molar-refractivity contribution in [2.24, 2.45) is 0 Å². The van der Waals surface area contributed by atoms with Crippen molar-refractivity contribution in [3.8, 4) is 11.1 Å². The van der Waals surface area contributed by atoms with Crippen LogP contribution in [0.4, 0.5) is 10.1 Å². The van der Waals surface area contributed by atoms with E-state index in [1.807, 2.05) is 24.3 Å². The Morgan fingerprint density at radius 2 is 2.07 bits per heavy atom. The molecule has 0 saturated carbocycles. The zero-order valence-corrected chi connectivity index (χ0v) is 16.0. The fraction of sp³-hybridized carbons (Fsp3) is 0.364. The SMILES string of the molecule is CCCCc1nc2ccc(F)cn2c(=O)c1-c1ccc(N[C@@H]2CCNC2)cc1. The number of anilines is 1. The molecular weight excluding hydrogens is 355 g/mol. The number of nitrogens with one attached hydrogen (secondary N) is 2. The van der Waals surface area contributed by atoms with Gasteiger partial charge in [0.15, 0.2) is 0 Å². The quantitative estimate of drug-likeness (QED) is 0.686. The molecule has 1 aromatic carbocycles. The van der Waals surface area contributed by atoms with Crippen molar-refractivity contribution in [3.63, 3.8) is 0 Å². The lowest BCUT2D eigenvalue weighted by Gasteiger charge is -2.14. The molecule has 1 saturated heterocycles. The number of pyridine rings is 1. The lowest BCUT2D eigenvalue weighted by molar-refractivity contribution is 0.617. The largest absolute Gasteiger partial charge is 0.381 e. The number of benzene rings is 1. The number of rotatable bonds is 6. The molecule has 1 atom stereocenters. The molecule has 2 aromatic heterocycles. The van der Waals surface area contributed by atoms with Gasteiger partial charge in [0.25, 0.3) is 5.56 Å². The van der Waals surface area contributed by atoms with Gasteiger partial charge in [-0.05, 0) is 55.6 Å². The molecule has 0 radical (unpaired) electrons. The normalized spacial score (nSPS) is 16.6. The van der Waals surface area contributed by atoms with E-state index in [4.69, 9.17) is 0 Å². The van der Waals surface area contributed by atoms with Gasteiger partial charge in [-0.25, -0.2) is 9.37 Å². The highest BCUT2D eigenvalue weighted by Gasteiger charge is 2.16. The van der Waals surface area contributed by atoms with Gasteiger partial charge in [-0.3, -0.25) is 9.20 Å². The van der Waals surface area contributed by atoms with Crippen molar-refractivity contribution in [1.29, 1.82) is 0 Å². The Hall–Kier alpha value is -2.73. The Labute approximate surface area is 163 Å². The van der Waals surface area contributed by atoms with E-state index in [0.717, 1.165) is 55.7 Å². The molecule has 0 bridgehead atoms. The van der Waals surface area contributed by atoms with Crippen molar-refractivity contribution in [3.05, 3.63) is 64.5 Å². The third-order valence-electron chi connectivity index (χ3n) is 5.23. The minimum absolute atomic E-state index is 0.226. The number of halogens is 1. The van der Waals surface area contributed by atoms with Gasteiger partial charge in [-0.2, -0.15) is 0 Å². The lowest BCUT2D eigenvalue weighted by atomic mass is 10.0. The van der Waals surface area contributed by atoms with Crippen LogP contribution < -0.4 is 16.2 Å². The van der Waals surface area contributed by atoms with Crippen molar-refractivity contribution < 1.29 is 4.39 Å². The average Bonchev–Trinajstić information content (AvgIpc) is 3.21. The summed E-state index contributed by atoms with van der Waals surface area (Å²) in [5.41, 5.74) is 3.44. The molecule has 0 aliphatic carbocycles. The molecule has 1 aliphatic heterocycles. The van der Waals surface area contributed by atoms with Crippen LogP contribution >= 0.6 is 0 Å². The van der Waals surface area contributed by atoms with E-state index in [1.54, 1.807) is 6.07 Å². The fourth-order valence-corrected chi connectivity index (χ4v) is 3.72. The summed E-state index contributed by atoms with van der Waals surface area (Å²) in [6.07, 6.45) is 5.00. The average molecular weight is 380 g/mol. The first-order valence-electron chi connectivity index (χ1n) is 9.94. The molecule has 3 heterocycles. The van der Waals surface area contributed by atoms with E-state index in [9.17, 15) is 9.18 Å². The number of hydrogen-bond acceptors (Lipinski definition) is 4. The topological polar surface area (TPSA) is 58.4 Å². The van der Waals surface area contributed by atoms with Crippen molar-refractivity contribution in [2.75, 3.05) is 18.4 Å². The van der Waals surface area contributed by atoms with E-state index in [1.165, 1.54) is 16.7 Å². The third kappa shape index (κ3) is 3.78. The second-order valence-electron chi connectivity index (χ2n) is 7.33. The minimum atomic E-state index is -0.451. The van der Waals surface area contributed by atoms with Gasteiger partial charge in [-0.15, -0.1) is 0 Å². The first-order valence-corrected chi connectivity index (χ1v) is 9.94. The zero-order valence-electron chi connectivity index (χ0n) is 16.0. The number of aryl methyl sites for hydroxylation is 1. The van der Waals surface area contributed by atoms with Crippen LogP contribution in [0.25, 0.3) is 16.8 Å². The molecule has 2 N–H and O–H groups in total. The fourth-order valence-electron chi connectivity index (χ4n) is 3.72. The van der Waals surface area contributed by atoms with Crippen LogP contribution in [-0.4, -0.2) is 28.5 Å². The molecule has 4 rings (SSSR count). The van der Waals surface area contributed by atoms with E-state index in [0.29, 0.717) is 17.3 Å². The summed E-state index contributed by atoms with van der Waals surface area (Å²) < 4.78 is 15.0. The summed E-state index contributed by atoms with van der Waals surface area (Å²) in [5.74, 6) is -0.451. The maximum atomic E-state index is 13.7. The highest BCUT2D eigenvalue weighted by molar-refractivity contribution is 5.69. The van der Waals surface area contributed by atoms with Crippen LogP contribution in [0.2, 0.25) is 0 Å². The van der Waals surface area contributed by atoms with E-state index in [-0.39, 0.29) is 5.56 Å². The number of fused-ring (bicyclic) bond motifs is 1. The number of aromatic nitrogens is 2. The number of nitrogens with zero attached hydrogens (tertiary/aromatic N) is 2. The molecular formula is C22H25FN4O. The summed E-state index contributed by atoms with van der Waals surface area (Å²) in [4.78, 5) is 17.8. The molecule has 1 fully saturated rings. The van der Waals surface area contributed by atoms with Gasteiger partial charge in [0.2, 0.25) is 0 Å². The van der Waals surface area contributed by atoms with E-state index < -0.39 is 5.82 Å². The van der Waals surface area contributed by atoms with Gasteiger partial charge >= 0.3 is 0 Å². The highest BCUT2D eigenvalue weighted by Crippen LogP contribution is 2.24. The molecule has 6 heteroatoms. The van der Waals surface area contributed by atoms with Crippen molar-refractivity contribution >= 4 is 11.3 Å². The standard InChI is InChI=1S/C22H25FN4O/c1-2-3-4-19-21(22(28)27-14-16(23)7-10-20(27)26-19)15-5-8-17(9-6-15)25-18-11-12-24-13-18/h5-10,14,18,24-25H,2-4,11-13H2,1H3/t18-/m1/s1. The third-order valence-corrected chi connectivity index (χ3v) is 5.23. The molecule has 0 amide bonds.